The molecule has 0 saturated heterocycles. The molecule has 338 valence electrons. The molecule has 0 radical (unpaired) electrons. The van der Waals surface area contributed by atoms with Gasteiger partial charge in [0.1, 0.15) is 6.61 Å². The van der Waals surface area contributed by atoms with Crippen molar-refractivity contribution < 1.29 is 23.8 Å². The van der Waals surface area contributed by atoms with Crippen LogP contribution in [0.4, 0.5) is 0 Å². The first kappa shape index (κ1) is 55.9. The first-order valence-corrected chi connectivity index (χ1v) is 25.2. The summed E-state index contributed by atoms with van der Waals surface area (Å²) in [7, 11) is 0. The number of hydrogen-bond donors (Lipinski definition) is 0. The normalized spacial score (nSPS) is 12.5. The summed E-state index contributed by atoms with van der Waals surface area (Å²) in [5.41, 5.74) is 0. The number of carbonyl (C=O) groups is 2. The number of unbranched alkanes of at least 4 members (excludes halogenated alkanes) is 27. The Morgan fingerprint density at radius 1 is 0.397 bits per heavy atom. The van der Waals surface area contributed by atoms with E-state index < -0.39 is 6.10 Å². The van der Waals surface area contributed by atoms with Gasteiger partial charge in [0, 0.05) is 19.4 Å². The first-order valence-electron chi connectivity index (χ1n) is 25.2. The van der Waals surface area contributed by atoms with Crippen molar-refractivity contribution in [2.45, 2.75) is 258 Å². The minimum atomic E-state index is -0.539. The Labute approximate surface area is 361 Å². The zero-order valence-electron chi connectivity index (χ0n) is 38.8. The van der Waals surface area contributed by atoms with Crippen molar-refractivity contribution in [3.05, 3.63) is 48.6 Å². The molecular formula is C53H96O5. The van der Waals surface area contributed by atoms with Crippen molar-refractivity contribution in [1.82, 2.24) is 0 Å². The summed E-state index contributed by atoms with van der Waals surface area (Å²) in [6.07, 6.45) is 59.7. The molecule has 0 aliphatic rings. The zero-order chi connectivity index (χ0) is 42.1. The van der Waals surface area contributed by atoms with E-state index in [-0.39, 0.29) is 25.2 Å². The predicted molar refractivity (Wildman–Crippen MR) is 251 cm³/mol. The lowest BCUT2D eigenvalue weighted by molar-refractivity contribution is -0.163. The Bertz CT molecular complexity index is 966. The van der Waals surface area contributed by atoms with Crippen molar-refractivity contribution in [2.24, 2.45) is 0 Å². The van der Waals surface area contributed by atoms with Crippen LogP contribution in [0.25, 0.3) is 0 Å². The van der Waals surface area contributed by atoms with Crippen LogP contribution in [0.5, 0.6) is 0 Å². The van der Waals surface area contributed by atoms with E-state index in [9.17, 15) is 9.59 Å². The Morgan fingerprint density at radius 2 is 0.776 bits per heavy atom. The van der Waals surface area contributed by atoms with Gasteiger partial charge in [0.15, 0.2) is 6.10 Å². The van der Waals surface area contributed by atoms with Crippen molar-refractivity contribution >= 4 is 11.9 Å². The summed E-state index contributed by atoms with van der Waals surface area (Å²) in [6.45, 7) is 7.70. The van der Waals surface area contributed by atoms with Crippen LogP contribution in [0.1, 0.15) is 252 Å². The van der Waals surface area contributed by atoms with Crippen LogP contribution in [0.3, 0.4) is 0 Å². The lowest BCUT2D eigenvalue weighted by Crippen LogP contribution is -2.30. The third-order valence-corrected chi connectivity index (χ3v) is 10.8. The van der Waals surface area contributed by atoms with Gasteiger partial charge in [-0.15, -0.1) is 0 Å². The first-order chi connectivity index (χ1) is 28.6. The molecule has 0 heterocycles. The molecule has 0 fully saturated rings. The molecule has 0 aliphatic carbocycles. The van der Waals surface area contributed by atoms with E-state index in [1.807, 2.05) is 0 Å². The third-order valence-electron chi connectivity index (χ3n) is 10.8. The van der Waals surface area contributed by atoms with Crippen LogP contribution < -0.4 is 0 Å². The van der Waals surface area contributed by atoms with E-state index in [0.29, 0.717) is 19.4 Å². The molecule has 1 atom stereocenters. The van der Waals surface area contributed by atoms with E-state index in [2.05, 4.69) is 69.4 Å². The molecule has 58 heavy (non-hydrogen) atoms. The standard InChI is InChI=1S/C53H96O5/c1-4-7-10-13-16-19-22-24-26-27-28-29-32-34-37-40-43-46-52(54)57-50-51(58-53(55)47-44-41-38-35-31-21-18-15-12-9-6-3)49-56-48-45-42-39-36-33-30-25-23-20-17-14-11-8-5-2/h7,10,16,19-20,23-24,26,51H,4-6,8-9,11-15,17-18,21-22,25,27-50H2,1-3H3/b10-7-,19-16-,23-20-,26-24-. The molecule has 0 saturated carbocycles. The van der Waals surface area contributed by atoms with Crippen LogP contribution in [-0.4, -0.2) is 37.9 Å². The fourth-order valence-corrected chi connectivity index (χ4v) is 7.11. The number of esters is 2. The molecule has 1 unspecified atom stereocenters. The average molecular weight is 813 g/mol. The third kappa shape index (κ3) is 46.5. The molecule has 0 rings (SSSR count). The topological polar surface area (TPSA) is 61.8 Å². The minimum Gasteiger partial charge on any atom is -0.462 e. The van der Waals surface area contributed by atoms with Crippen LogP contribution in [-0.2, 0) is 23.8 Å². The molecule has 0 spiro atoms. The van der Waals surface area contributed by atoms with Gasteiger partial charge >= 0.3 is 11.9 Å². The number of hydrogen-bond acceptors (Lipinski definition) is 5. The lowest BCUT2D eigenvalue weighted by atomic mass is 10.1. The molecule has 0 aromatic carbocycles. The molecule has 0 aliphatic heterocycles. The smallest absolute Gasteiger partial charge is 0.306 e. The number of allylic oxidation sites excluding steroid dienone is 8. The Morgan fingerprint density at radius 3 is 1.28 bits per heavy atom. The van der Waals surface area contributed by atoms with E-state index in [0.717, 1.165) is 70.6 Å². The second-order valence-electron chi connectivity index (χ2n) is 16.7. The van der Waals surface area contributed by atoms with Crippen molar-refractivity contribution in [3.63, 3.8) is 0 Å². The summed E-state index contributed by atoms with van der Waals surface area (Å²) in [5.74, 6) is -0.404. The molecule has 0 aromatic rings. The maximum Gasteiger partial charge on any atom is 0.306 e. The average Bonchev–Trinajstić information content (AvgIpc) is 3.22. The summed E-state index contributed by atoms with van der Waals surface area (Å²) < 4.78 is 17.4. The molecular weight excluding hydrogens is 717 g/mol. The van der Waals surface area contributed by atoms with Crippen LogP contribution in [0.15, 0.2) is 48.6 Å². The molecule has 5 nitrogen and oxygen atoms in total. The van der Waals surface area contributed by atoms with Crippen molar-refractivity contribution in [1.29, 1.82) is 0 Å². The van der Waals surface area contributed by atoms with Gasteiger partial charge in [-0.25, -0.2) is 0 Å². The Hall–Kier alpha value is -2.14. The highest BCUT2D eigenvalue weighted by Gasteiger charge is 2.17. The maximum atomic E-state index is 12.7. The number of carbonyl (C=O) groups excluding carboxylic acids is 2. The zero-order valence-corrected chi connectivity index (χ0v) is 38.8. The van der Waals surface area contributed by atoms with Crippen LogP contribution in [0, 0.1) is 0 Å². The second kappa shape index (κ2) is 49.2. The molecule has 5 heteroatoms. The van der Waals surface area contributed by atoms with Crippen molar-refractivity contribution in [2.75, 3.05) is 19.8 Å². The molecule has 0 N–H and O–H groups in total. The second-order valence-corrected chi connectivity index (χ2v) is 16.7. The predicted octanol–water partition coefficient (Wildman–Crippen LogP) is 16.8. The highest BCUT2D eigenvalue weighted by atomic mass is 16.6. The van der Waals surface area contributed by atoms with Crippen molar-refractivity contribution in [3.8, 4) is 0 Å². The van der Waals surface area contributed by atoms with E-state index in [1.54, 1.807) is 0 Å². The largest absolute Gasteiger partial charge is 0.462 e. The minimum absolute atomic E-state index is 0.0804. The van der Waals surface area contributed by atoms with Gasteiger partial charge in [-0.2, -0.15) is 0 Å². The van der Waals surface area contributed by atoms with Crippen LogP contribution in [0.2, 0.25) is 0 Å². The number of ether oxygens (including phenoxy) is 3. The maximum absolute atomic E-state index is 12.7. The molecule has 0 aromatic heterocycles. The van der Waals surface area contributed by atoms with Crippen LogP contribution >= 0.6 is 0 Å². The summed E-state index contributed by atoms with van der Waals surface area (Å²) in [6, 6.07) is 0. The van der Waals surface area contributed by atoms with E-state index in [4.69, 9.17) is 14.2 Å². The van der Waals surface area contributed by atoms with Gasteiger partial charge in [0.05, 0.1) is 6.61 Å². The number of rotatable bonds is 46. The van der Waals surface area contributed by atoms with E-state index >= 15 is 0 Å². The van der Waals surface area contributed by atoms with Gasteiger partial charge in [0.25, 0.3) is 0 Å². The van der Waals surface area contributed by atoms with Gasteiger partial charge < -0.3 is 14.2 Å². The monoisotopic (exact) mass is 813 g/mol. The van der Waals surface area contributed by atoms with Gasteiger partial charge in [-0.3, -0.25) is 9.59 Å². The Balaban J connectivity index is 4.24. The summed E-state index contributed by atoms with van der Waals surface area (Å²) in [4.78, 5) is 25.3. The highest BCUT2D eigenvalue weighted by molar-refractivity contribution is 5.70. The SMILES string of the molecule is CC/C=C\C/C=C\C/C=C\CCCCCCCCCC(=O)OCC(COCCCCCCCC/C=C\CCCCCC)OC(=O)CCCCCCCCCCCCC. The molecule has 0 bridgehead atoms. The van der Waals surface area contributed by atoms with Gasteiger partial charge in [-0.1, -0.05) is 211 Å². The molecule has 0 amide bonds. The summed E-state index contributed by atoms with van der Waals surface area (Å²) >= 11 is 0. The summed E-state index contributed by atoms with van der Waals surface area (Å²) in [5, 5.41) is 0. The van der Waals surface area contributed by atoms with E-state index in [1.165, 1.54) is 148 Å². The fourth-order valence-electron chi connectivity index (χ4n) is 7.11. The van der Waals surface area contributed by atoms with Gasteiger partial charge in [-0.05, 0) is 77.0 Å². The quantitative estimate of drug-likeness (QED) is 0.0348. The Kier molecular flexibility index (Phi) is 47.4. The van der Waals surface area contributed by atoms with Gasteiger partial charge in [0.2, 0.25) is 0 Å². The highest BCUT2D eigenvalue weighted by Crippen LogP contribution is 2.15. The fraction of sp³-hybridized carbons (Fsp3) is 0.811. The lowest BCUT2D eigenvalue weighted by Gasteiger charge is -2.18.